The minimum atomic E-state index is -0.301. The molecule has 0 atom stereocenters. The van der Waals surface area contributed by atoms with Gasteiger partial charge < -0.3 is 19.5 Å². The average Bonchev–Trinajstić information content (AvgIpc) is 2.69. The molecule has 0 aliphatic carbocycles. The number of aromatic nitrogens is 1. The van der Waals surface area contributed by atoms with E-state index in [2.05, 4.69) is 10.3 Å². The molecule has 6 nitrogen and oxygen atoms in total. The van der Waals surface area contributed by atoms with Gasteiger partial charge in [-0.15, -0.1) is 0 Å². The van der Waals surface area contributed by atoms with Gasteiger partial charge in [0, 0.05) is 11.1 Å². The van der Waals surface area contributed by atoms with E-state index in [0.29, 0.717) is 33.8 Å². The number of hydrogen-bond donors (Lipinski definition) is 1. The highest BCUT2D eigenvalue weighted by Gasteiger charge is 2.07. The number of pyridine rings is 1. The van der Waals surface area contributed by atoms with E-state index in [1.807, 2.05) is 12.1 Å². The van der Waals surface area contributed by atoms with Crippen LogP contribution >= 0.6 is 11.6 Å². The molecule has 0 aliphatic rings. The molecule has 1 heterocycles. The zero-order valence-electron chi connectivity index (χ0n) is 14.5. The lowest BCUT2D eigenvalue weighted by molar-refractivity contribution is -0.118. The first-order chi connectivity index (χ1) is 13.1. The summed E-state index contributed by atoms with van der Waals surface area (Å²) in [5.74, 6) is 1.81. The van der Waals surface area contributed by atoms with E-state index in [9.17, 15) is 4.79 Å². The van der Waals surface area contributed by atoms with E-state index >= 15 is 0 Å². The highest BCUT2D eigenvalue weighted by Crippen LogP contribution is 2.30. The Morgan fingerprint density at radius 3 is 2.44 bits per heavy atom. The summed E-state index contributed by atoms with van der Waals surface area (Å²) >= 11 is 5.80. The van der Waals surface area contributed by atoms with Crippen molar-refractivity contribution in [1.82, 2.24) is 4.98 Å². The van der Waals surface area contributed by atoms with E-state index in [4.69, 9.17) is 25.8 Å². The quantitative estimate of drug-likeness (QED) is 0.647. The van der Waals surface area contributed by atoms with Gasteiger partial charge in [0.25, 0.3) is 5.91 Å². The van der Waals surface area contributed by atoms with Crippen molar-refractivity contribution < 1.29 is 19.0 Å². The Labute approximate surface area is 161 Å². The van der Waals surface area contributed by atoms with Gasteiger partial charge in [-0.1, -0.05) is 23.7 Å². The second-order valence-corrected chi connectivity index (χ2v) is 5.87. The minimum Gasteiger partial charge on any atom is -0.493 e. The van der Waals surface area contributed by atoms with Crippen molar-refractivity contribution in [1.29, 1.82) is 0 Å². The summed E-state index contributed by atoms with van der Waals surface area (Å²) < 4.78 is 16.3. The molecular formula is C20H17ClN2O4. The third kappa shape index (κ3) is 5.36. The van der Waals surface area contributed by atoms with Gasteiger partial charge in [0.2, 0.25) is 5.88 Å². The van der Waals surface area contributed by atoms with E-state index < -0.39 is 0 Å². The van der Waals surface area contributed by atoms with E-state index in [0.717, 1.165) is 0 Å². The Kier molecular flexibility index (Phi) is 6.12. The fourth-order valence-electron chi connectivity index (χ4n) is 2.21. The normalized spacial score (nSPS) is 10.1. The number of carbonyl (C=O) groups excluding carboxylic acids is 1. The van der Waals surface area contributed by atoms with Crippen molar-refractivity contribution in [3.8, 4) is 23.1 Å². The zero-order chi connectivity index (χ0) is 19.1. The van der Waals surface area contributed by atoms with Gasteiger partial charge in [-0.3, -0.25) is 4.79 Å². The fourth-order valence-corrected chi connectivity index (χ4v) is 2.33. The van der Waals surface area contributed by atoms with Crippen molar-refractivity contribution in [2.75, 3.05) is 19.0 Å². The lowest BCUT2D eigenvalue weighted by atomic mass is 10.3. The third-order valence-electron chi connectivity index (χ3n) is 3.49. The number of anilines is 1. The average molecular weight is 385 g/mol. The van der Waals surface area contributed by atoms with Crippen LogP contribution in [0.25, 0.3) is 0 Å². The zero-order valence-corrected chi connectivity index (χ0v) is 15.3. The lowest BCUT2D eigenvalue weighted by Crippen LogP contribution is -2.20. The number of nitrogens with one attached hydrogen (secondary N) is 1. The van der Waals surface area contributed by atoms with Crippen LogP contribution in [0.15, 0.2) is 66.9 Å². The van der Waals surface area contributed by atoms with E-state index in [1.165, 1.54) is 6.20 Å². The first-order valence-electron chi connectivity index (χ1n) is 8.09. The Bertz CT molecular complexity index is 899. The number of ether oxygens (including phenoxy) is 3. The van der Waals surface area contributed by atoms with Crippen molar-refractivity contribution in [2.45, 2.75) is 0 Å². The first kappa shape index (κ1) is 18.5. The molecule has 0 unspecified atom stereocenters. The highest BCUT2D eigenvalue weighted by atomic mass is 35.5. The molecule has 0 spiro atoms. The molecule has 0 radical (unpaired) electrons. The summed E-state index contributed by atoms with van der Waals surface area (Å²) in [6.07, 6.45) is 1.50. The number of carbonyl (C=O) groups is 1. The van der Waals surface area contributed by atoms with Crippen molar-refractivity contribution >= 4 is 23.2 Å². The van der Waals surface area contributed by atoms with Gasteiger partial charge in [0.15, 0.2) is 18.1 Å². The maximum atomic E-state index is 12.0. The highest BCUT2D eigenvalue weighted by molar-refractivity contribution is 6.30. The number of rotatable bonds is 7. The molecule has 1 N–H and O–H groups in total. The maximum absolute atomic E-state index is 12.0. The van der Waals surface area contributed by atoms with Gasteiger partial charge in [-0.05, 0) is 42.5 Å². The van der Waals surface area contributed by atoms with Crippen LogP contribution in [0.2, 0.25) is 5.02 Å². The van der Waals surface area contributed by atoms with Gasteiger partial charge in [0.1, 0.15) is 5.75 Å². The van der Waals surface area contributed by atoms with Gasteiger partial charge in [0.05, 0.1) is 19.0 Å². The summed E-state index contributed by atoms with van der Waals surface area (Å²) in [6.45, 7) is -0.124. The molecule has 0 fully saturated rings. The van der Waals surface area contributed by atoms with Gasteiger partial charge >= 0.3 is 0 Å². The minimum absolute atomic E-state index is 0.124. The van der Waals surface area contributed by atoms with Crippen LogP contribution in [-0.4, -0.2) is 24.6 Å². The fraction of sp³-hybridized carbons (Fsp3) is 0.100. The van der Waals surface area contributed by atoms with Crippen LogP contribution in [-0.2, 0) is 4.79 Å². The van der Waals surface area contributed by atoms with E-state index in [-0.39, 0.29) is 12.5 Å². The smallest absolute Gasteiger partial charge is 0.262 e. The third-order valence-corrected chi connectivity index (χ3v) is 3.74. The van der Waals surface area contributed by atoms with Crippen molar-refractivity contribution in [3.63, 3.8) is 0 Å². The molecule has 3 rings (SSSR count). The summed E-state index contributed by atoms with van der Waals surface area (Å²) in [6, 6.07) is 17.4. The molecule has 0 bridgehead atoms. The molecule has 0 saturated heterocycles. The van der Waals surface area contributed by atoms with Crippen LogP contribution in [0.3, 0.4) is 0 Å². The Hall–Kier alpha value is -3.25. The van der Waals surface area contributed by atoms with Crippen molar-refractivity contribution in [2.24, 2.45) is 0 Å². The standard InChI is InChI=1S/C20H17ClN2O4/c1-25-17-4-2-3-5-18(17)27-20-11-8-15(12-22-20)23-19(24)13-26-16-9-6-14(21)7-10-16/h2-12H,13H2,1H3,(H,23,24). The molecular weight excluding hydrogens is 368 g/mol. The maximum Gasteiger partial charge on any atom is 0.262 e. The Morgan fingerprint density at radius 2 is 1.78 bits per heavy atom. The molecule has 0 aliphatic heterocycles. The molecule has 1 aromatic heterocycles. The molecule has 1 amide bonds. The second kappa shape index (κ2) is 8.91. The van der Waals surface area contributed by atoms with Crippen LogP contribution in [0.5, 0.6) is 23.1 Å². The first-order valence-corrected chi connectivity index (χ1v) is 8.47. The molecule has 2 aromatic carbocycles. The summed E-state index contributed by atoms with van der Waals surface area (Å²) in [5.41, 5.74) is 0.534. The predicted octanol–water partition coefficient (Wildman–Crippen LogP) is 4.55. The molecule has 27 heavy (non-hydrogen) atoms. The summed E-state index contributed by atoms with van der Waals surface area (Å²) in [5, 5.41) is 3.31. The monoisotopic (exact) mass is 384 g/mol. The number of amides is 1. The molecule has 7 heteroatoms. The van der Waals surface area contributed by atoms with Crippen LogP contribution < -0.4 is 19.5 Å². The number of methoxy groups -OCH3 is 1. The van der Waals surface area contributed by atoms with E-state index in [1.54, 1.807) is 55.6 Å². The Morgan fingerprint density at radius 1 is 1.04 bits per heavy atom. The Balaban J connectivity index is 1.54. The van der Waals surface area contributed by atoms with Gasteiger partial charge in [-0.25, -0.2) is 4.98 Å². The van der Waals surface area contributed by atoms with Crippen molar-refractivity contribution in [3.05, 3.63) is 71.9 Å². The second-order valence-electron chi connectivity index (χ2n) is 5.43. The number of halogens is 1. The molecule has 3 aromatic rings. The number of para-hydroxylation sites is 2. The van der Waals surface area contributed by atoms with Gasteiger partial charge in [-0.2, -0.15) is 0 Å². The predicted molar refractivity (Wildman–Crippen MR) is 103 cm³/mol. The summed E-state index contributed by atoms with van der Waals surface area (Å²) in [7, 11) is 1.57. The van der Waals surface area contributed by atoms with Crippen LogP contribution in [0, 0.1) is 0 Å². The SMILES string of the molecule is COc1ccccc1Oc1ccc(NC(=O)COc2ccc(Cl)cc2)cn1. The number of hydrogen-bond acceptors (Lipinski definition) is 5. The topological polar surface area (TPSA) is 69.7 Å². The lowest BCUT2D eigenvalue weighted by Gasteiger charge is -2.10. The number of benzene rings is 2. The number of nitrogens with zero attached hydrogens (tertiary/aromatic N) is 1. The summed E-state index contributed by atoms with van der Waals surface area (Å²) in [4.78, 5) is 16.2. The molecule has 0 saturated carbocycles. The largest absolute Gasteiger partial charge is 0.493 e. The molecule has 138 valence electrons. The van der Waals surface area contributed by atoms with Crippen LogP contribution in [0.1, 0.15) is 0 Å². The van der Waals surface area contributed by atoms with Crippen LogP contribution in [0.4, 0.5) is 5.69 Å².